The molecule has 4 fully saturated rings. The van der Waals surface area contributed by atoms with Crippen LogP contribution in [0.5, 0.6) is 0 Å². The quantitative estimate of drug-likeness (QED) is 0.0248. The van der Waals surface area contributed by atoms with E-state index in [1.807, 2.05) is 95.2 Å². The second-order valence-electron chi connectivity index (χ2n) is 35.2. The Balaban J connectivity index is 0.000000561. The van der Waals surface area contributed by atoms with E-state index >= 15 is 0 Å². The highest BCUT2D eigenvalue weighted by atomic mass is 19.1. The van der Waals surface area contributed by atoms with Crippen molar-refractivity contribution < 1.29 is 107 Å². The van der Waals surface area contributed by atoms with Crippen molar-refractivity contribution in [2.75, 3.05) is 74.9 Å². The molecule has 4 heterocycles. The molecule has 0 spiro atoms. The Hall–Kier alpha value is -4.68. The number of alkyl halides is 1. The molecule has 0 aromatic heterocycles. The topological polar surface area (TPSA) is 359 Å². The maximum absolute atomic E-state index is 13.7. The Morgan fingerprint density at radius 2 is 0.818 bits per heavy atom. The highest BCUT2D eigenvalue weighted by molar-refractivity contribution is 6.01. The van der Waals surface area contributed by atoms with Crippen LogP contribution in [0.25, 0.3) is 0 Å². The summed E-state index contributed by atoms with van der Waals surface area (Å²) in [4.78, 5) is 98.2. The number of oxime groups is 3. The molecule has 1 unspecified atom stereocenters. The number of ketones is 3. The molecule has 28 atom stereocenters. The summed E-state index contributed by atoms with van der Waals surface area (Å²) in [6, 6.07) is 0. The summed E-state index contributed by atoms with van der Waals surface area (Å²) in [6.07, 6.45) is -3.99. The molecule has 0 saturated carbocycles. The van der Waals surface area contributed by atoms with Crippen LogP contribution in [0, 0.1) is 94.2 Å². The highest BCUT2D eigenvalue weighted by Crippen LogP contribution is 2.48. The average molecular weight is 1570 g/mol. The molecule has 0 aliphatic carbocycles. The molecule has 0 aromatic carbocycles. The van der Waals surface area contributed by atoms with E-state index in [4.69, 9.17) is 42.9 Å². The van der Waals surface area contributed by atoms with Gasteiger partial charge in [-0.05, 0) is 139 Å². The van der Waals surface area contributed by atoms with Crippen molar-refractivity contribution in [3.63, 3.8) is 0 Å². The van der Waals surface area contributed by atoms with Gasteiger partial charge in [-0.2, -0.15) is 0 Å². The van der Waals surface area contributed by atoms with Crippen molar-refractivity contribution in [2.45, 2.75) is 308 Å². The monoisotopic (exact) mass is 1570 g/mol. The van der Waals surface area contributed by atoms with Crippen molar-refractivity contribution in [1.29, 1.82) is 0 Å². The molecule has 7 N–H and O–H groups in total. The van der Waals surface area contributed by atoms with Gasteiger partial charge in [0.1, 0.15) is 89.5 Å². The van der Waals surface area contributed by atoms with E-state index < -0.39 is 148 Å². The van der Waals surface area contributed by atoms with Gasteiger partial charge in [0, 0.05) is 106 Å². The van der Waals surface area contributed by atoms with E-state index in [2.05, 4.69) is 41.6 Å². The van der Waals surface area contributed by atoms with E-state index in [1.165, 1.54) is 34.6 Å². The SMILES string of the molecule is CC[C@H]1OC(=O)[C@H](C)C(=O)[C@H](C)[C@@H](C(C)(C)C)[C@](C)(OC)C[C@@H](C)C(=NOC2CCNC2)[C@H](C)[C@@H](O)[C@]1(C)O.CC[C@H]1OC(=O)[C@H](C)C(=O)[C@H](C)[C@@H](C)[C@](C)(OC)C[C@@H](C)C(=NOCCCF)[C@H](C)[C@@H](O)[C@]1(C)O.CC[C@H]1OC(=O)[C@H](C)C(=O)[C@H](C)[C@@H](C)[C@](C)(OC)C[C@@H](C)C(=NOCCN(C)C)[C@H](C)[C@@H](O)[C@]1(C)O. The average Bonchev–Trinajstić information content (AvgIpc) is 0.843. The van der Waals surface area contributed by atoms with Gasteiger partial charge in [0.05, 0.1) is 58.9 Å². The summed E-state index contributed by atoms with van der Waals surface area (Å²) in [7, 11) is 8.71. The summed E-state index contributed by atoms with van der Waals surface area (Å²) >= 11 is 0. The number of nitrogens with zero attached hydrogens (tertiary/aromatic N) is 4. The van der Waals surface area contributed by atoms with Crippen LogP contribution in [0.4, 0.5) is 4.39 Å². The Labute approximate surface area is 658 Å². The Bertz CT molecular complexity index is 3010. The van der Waals surface area contributed by atoms with Gasteiger partial charge in [-0.1, -0.05) is 133 Å². The van der Waals surface area contributed by atoms with Crippen LogP contribution in [-0.2, 0) is 71.7 Å². The fourth-order valence-electron chi connectivity index (χ4n) is 17.3. The molecule has 640 valence electrons. The molecule has 26 nitrogen and oxygen atoms in total. The lowest BCUT2D eigenvalue weighted by molar-refractivity contribution is -0.188. The molecule has 27 heteroatoms. The number of esters is 3. The molecule has 0 radical (unpaired) electrons. The zero-order valence-corrected chi connectivity index (χ0v) is 73.1. The normalized spacial score (nSPS) is 41.6. The molecule has 0 aromatic rings. The lowest BCUT2D eigenvalue weighted by atomic mass is 9.61. The number of nitrogens with one attached hydrogen (secondary N) is 1. The molecule has 4 saturated heterocycles. The molecule has 110 heavy (non-hydrogen) atoms. The van der Waals surface area contributed by atoms with Gasteiger partial charge < -0.3 is 83.8 Å². The number of rotatable bonds is 16. The number of cyclic esters (lactones) is 3. The fourth-order valence-corrected chi connectivity index (χ4v) is 17.3. The molecule has 4 rings (SSSR count). The van der Waals surface area contributed by atoms with Gasteiger partial charge in [0.2, 0.25) is 0 Å². The second-order valence-corrected chi connectivity index (χ2v) is 35.2. The summed E-state index contributed by atoms with van der Waals surface area (Å²) in [5.41, 5.74) is -6.41. The number of Topliss-reactive ketones (excluding diaryl/α,β-unsaturated/α-hetero) is 3. The zero-order chi connectivity index (χ0) is 85.1. The van der Waals surface area contributed by atoms with Crippen molar-refractivity contribution in [2.24, 2.45) is 110 Å². The minimum atomic E-state index is -1.83. The molecule has 4 aliphatic heterocycles. The standard InChI is InChI=1S/C30H54N2O7.C27H50N2O7.C26H46FNO7/c1-12-22-30(10,36)26(34)18(3)23(32-39-21-13-14-31-16-21)17(2)15-29(9,37-11)25(28(6,7)8)19(4)24(33)20(5)27(35)38-22;1-12-21-27(8,33)24(31)18(4)22(28-35-14-13-29(9)10)16(2)15-26(7,34-11)20(6)17(3)23(30)19(5)25(32)36-21;1-10-20-26(8,32)23(30)17(4)21(28-34-13-11-12-27)15(2)14-25(7,33-9)19(6)16(3)22(29)18(5)24(31)35-20/h17-22,25-26,31,34,36H,12-16H2,1-11H3;16-21,24,31,33H,12-15H2,1-11H3;15-20,23,30,32H,10-14H2,1-9H3/t17-,18+,19+,20-,21?,22-,25+,26-,29-,30-;16-,17-,18+,19-,20-,21-,24-,26-,27-;15-,16-,17+,18-,19-,20-,23-,25-,26-/m111/s1. The third-order valence-corrected chi connectivity index (χ3v) is 25.4. The first-order valence-corrected chi connectivity index (χ1v) is 40.3. The maximum Gasteiger partial charge on any atom is 0.316 e. The first kappa shape index (κ1) is 101. The first-order chi connectivity index (χ1) is 50.6. The number of ether oxygens (including phenoxy) is 6. The number of aliphatic hydroxyl groups is 6. The number of hydrogen-bond donors (Lipinski definition) is 7. The Kier molecular flexibility index (Phi) is 39.9. The zero-order valence-electron chi connectivity index (χ0n) is 73.1. The minimum Gasteiger partial charge on any atom is -0.459 e. The fraction of sp³-hybridized carbons (Fsp3) is 0.892. The maximum atomic E-state index is 13.7. The molecule has 4 aliphatic rings. The van der Waals surface area contributed by atoms with Gasteiger partial charge in [0.15, 0.2) is 0 Å². The summed E-state index contributed by atoms with van der Waals surface area (Å²) in [6.45, 7) is 48.9. The summed E-state index contributed by atoms with van der Waals surface area (Å²) in [5, 5.41) is 84.9. The Morgan fingerprint density at radius 3 is 1.11 bits per heavy atom. The van der Waals surface area contributed by atoms with Crippen molar-refractivity contribution in [3.8, 4) is 0 Å². The van der Waals surface area contributed by atoms with Crippen LogP contribution in [0.15, 0.2) is 15.5 Å². The van der Waals surface area contributed by atoms with E-state index in [1.54, 1.807) is 69.8 Å². The van der Waals surface area contributed by atoms with Crippen molar-refractivity contribution in [1.82, 2.24) is 10.2 Å². The van der Waals surface area contributed by atoms with Crippen LogP contribution in [0.3, 0.4) is 0 Å². The largest absolute Gasteiger partial charge is 0.459 e. The molecule has 0 bridgehead atoms. The highest BCUT2D eigenvalue weighted by Gasteiger charge is 2.55. The number of likely N-dealkylation sites (N-methyl/N-ethyl adjacent to an activating group) is 1. The third kappa shape index (κ3) is 25.4. The second kappa shape index (κ2) is 43.3. The number of methoxy groups -OCH3 is 3. The van der Waals surface area contributed by atoms with Crippen LogP contribution in [-0.4, -0.2) is 239 Å². The van der Waals surface area contributed by atoms with Gasteiger partial charge in [-0.25, -0.2) is 0 Å². The van der Waals surface area contributed by atoms with E-state index in [9.17, 15) is 63.8 Å². The van der Waals surface area contributed by atoms with Gasteiger partial charge in [0.25, 0.3) is 0 Å². The van der Waals surface area contributed by atoms with E-state index in [0.29, 0.717) is 56.1 Å². The lowest BCUT2D eigenvalue weighted by Crippen LogP contribution is -2.57. The van der Waals surface area contributed by atoms with Gasteiger partial charge >= 0.3 is 17.9 Å². The number of carbonyl (C=O) groups excluding carboxylic acids is 6. The minimum absolute atomic E-state index is 0.0719. The van der Waals surface area contributed by atoms with Crippen molar-refractivity contribution >= 4 is 52.4 Å². The third-order valence-electron chi connectivity index (χ3n) is 25.4. The van der Waals surface area contributed by atoms with Crippen LogP contribution >= 0.6 is 0 Å². The van der Waals surface area contributed by atoms with Crippen LogP contribution in [0.2, 0.25) is 0 Å². The lowest BCUT2D eigenvalue weighted by Gasteiger charge is -2.49. The van der Waals surface area contributed by atoms with Gasteiger partial charge in [-0.3, -0.25) is 33.2 Å². The number of hydrogen-bond acceptors (Lipinski definition) is 26. The van der Waals surface area contributed by atoms with Gasteiger partial charge in [-0.15, -0.1) is 0 Å². The first-order valence-electron chi connectivity index (χ1n) is 40.3. The smallest absolute Gasteiger partial charge is 0.316 e. The van der Waals surface area contributed by atoms with Crippen molar-refractivity contribution in [3.05, 3.63) is 0 Å². The van der Waals surface area contributed by atoms with Crippen LogP contribution in [0.1, 0.15) is 231 Å². The predicted molar refractivity (Wildman–Crippen MR) is 422 cm³/mol. The number of aliphatic hydroxyl groups excluding tert-OH is 3. The number of carbonyl (C=O) groups is 6. The molecule has 0 amide bonds. The molecular weight excluding hydrogens is 1420 g/mol. The number of halogens is 1. The van der Waals surface area contributed by atoms with Crippen LogP contribution < -0.4 is 5.32 Å². The van der Waals surface area contributed by atoms with E-state index in [0.717, 1.165) is 13.0 Å². The van der Waals surface area contributed by atoms with E-state index in [-0.39, 0.29) is 96.7 Å². The molecular formula is C83H150FN5O21. The Morgan fingerprint density at radius 1 is 0.500 bits per heavy atom. The summed E-state index contributed by atoms with van der Waals surface area (Å²) < 4.78 is 47.6. The summed E-state index contributed by atoms with van der Waals surface area (Å²) in [5.74, 6) is -10.9. The predicted octanol–water partition coefficient (Wildman–Crippen LogP) is 10.4.